The van der Waals surface area contributed by atoms with Crippen LogP contribution < -0.4 is 10.6 Å². The zero-order valence-corrected chi connectivity index (χ0v) is 11.0. The van der Waals surface area contributed by atoms with Crippen LogP contribution in [0.5, 0.6) is 0 Å². The van der Waals surface area contributed by atoms with Crippen molar-refractivity contribution in [2.24, 2.45) is 0 Å². The largest absolute Gasteiger partial charge is 0.376 e. The van der Waals surface area contributed by atoms with Gasteiger partial charge in [-0.25, -0.2) is 4.98 Å². The Morgan fingerprint density at radius 3 is 3.05 bits per heavy atom. The second kappa shape index (κ2) is 7.85. The molecule has 1 aromatic heterocycles. The van der Waals surface area contributed by atoms with Gasteiger partial charge >= 0.3 is 0 Å². The van der Waals surface area contributed by atoms with Crippen LogP contribution in [0, 0.1) is 0 Å². The van der Waals surface area contributed by atoms with E-state index in [0.29, 0.717) is 32.2 Å². The zero-order valence-electron chi connectivity index (χ0n) is 11.0. The van der Waals surface area contributed by atoms with E-state index in [1.807, 2.05) is 0 Å². The van der Waals surface area contributed by atoms with Gasteiger partial charge in [0, 0.05) is 13.0 Å². The van der Waals surface area contributed by atoms with Crippen LogP contribution in [0.2, 0.25) is 0 Å². The monoisotopic (exact) mass is 267 g/mol. The van der Waals surface area contributed by atoms with Crippen molar-refractivity contribution in [2.75, 3.05) is 26.2 Å². The molecule has 0 saturated carbocycles. The standard InChI is InChI=1S/C12H21N5O2/c18-12(3-7-17-10-14-9-16-17)15-6-8-19-11-1-4-13-5-2-11/h9-11,13H,1-8H2,(H,15,18). The molecule has 0 atom stereocenters. The van der Waals surface area contributed by atoms with Gasteiger partial charge in [-0.3, -0.25) is 9.48 Å². The molecule has 2 N–H and O–H groups in total. The highest BCUT2D eigenvalue weighted by molar-refractivity contribution is 5.75. The van der Waals surface area contributed by atoms with Gasteiger partial charge in [0.1, 0.15) is 12.7 Å². The molecule has 1 aliphatic rings. The van der Waals surface area contributed by atoms with Crippen LogP contribution in [0.25, 0.3) is 0 Å². The summed E-state index contributed by atoms with van der Waals surface area (Å²) in [4.78, 5) is 15.4. The first-order valence-corrected chi connectivity index (χ1v) is 6.76. The van der Waals surface area contributed by atoms with Crippen molar-refractivity contribution in [2.45, 2.75) is 31.9 Å². The van der Waals surface area contributed by atoms with Crippen molar-refractivity contribution < 1.29 is 9.53 Å². The Morgan fingerprint density at radius 1 is 1.47 bits per heavy atom. The fourth-order valence-corrected chi connectivity index (χ4v) is 2.03. The lowest BCUT2D eigenvalue weighted by Crippen LogP contribution is -2.35. The summed E-state index contributed by atoms with van der Waals surface area (Å²) in [5.74, 6) is 0.0180. The van der Waals surface area contributed by atoms with Crippen LogP contribution >= 0.6 is 0 Å². The third kappa shape index (κ3) is 5.35. The minimum atomic E-state index is 0.0180. The highest BCUT2D eigenvalue weighted by atomic mass is 16.5. The third-order valence-corrected chi connectivity index (χ3v) is 3.10. The summed E-state index contributed by atoms with van der Waals surface area (Å²) in [6.07, 6.45) is 5.93. The second-order valence-corrected chi connectivity index (χ2v) is 4.58. The summed E-state index contributed by atoms with van der Waals surface area (Å²) in [5.41, 5.74) is 0. The molecule has 1 amide bonds. The van der Waals surface area contributed by atoms with Gasteiger partial charge in [0.2, 0.25) is 5.91 Å². The van der Waals surface area contributed by atoms with E-state index in [1.165, 1.54) is 6.33 Å². The van der Waals surface area contributed by atoms with Crippen LogP contribution in [0.3, 0.4) is 0 Å². The number of carbonyl (C=O) groups is 1. The number of nitrogens with zero attached hydrogens (tertiary/aromatic N) is 3. The number of aryl methyl sites for hydroxylation is 1. The first-order chi connectivity index (χ1) is 9.34. The molecular formula is C12H21N5O2. The lowest BCUT2D eigenvalue weighted by Gasteiger charge is -2.22. The number of amides is 1. The Morgan fingerprint density at radius 2 is 2.32 bits per heavy atom. The lowest BCUT2D eigenvalue weighted by atomic mass is 10.1. The summed E-state index contributed by atoms with van der Waals surface area (Å²) in [6.45, 7) is 3.75. The number of rotatable bonds is 7. The predicted molar refractivity (Wildman–Crippen MR) is 69.5 cm³/mol. The average molecular weight is 267 g/mol. The number of hydrogen-bond acceptors (Lipinski definition) is 5. The van der Waals surface area contributed by atoms with E-state index >= 15 is 0 Å². The van der Waals surface area contributed by atoms with Crippen molar-refractivity contribution in [1.29, 1.82) is 0 Å². The minimum absolute atomic E-state index is 0.0180. The number of piperidine rings is 1. The maximum atomic E-state index is 11.6. The van der Waals surface area contributed by atoms with Crippen LogP contribution in [0.15, 0.2) is 12.7 Å². The molecule has 1 aromatic rings. The summed E-state index contributed by atoms with van der Waals surface area (Å²) in [6, 6.07) is 0. The molecule has 0 aromatic carbocycles. The topological polar surface area (TPSA) is 81.1 Å². The SMILES string of the molecule is O=C(CCn1cncn1)NCCOC1CCNCC1. The summed E-state index contributed by atoms with van der Waals surface area (Å²) < 4.78 is 7.35. The molecule has 0 unspecified atom stereocenters. The zero-order chi connectivity index (χ0) is 13.3. The van der Waals surface area contributed by atoms with Gasteiger partial charge in [0.15, 0.2) is 0 Å². The molecule has 7 nitrogen and oxygen atoms in total. The van der Waals surface area contributed by atoms with E-state index in [2.05, 4.69) is 20.7 Å². The number of hydrogen-bond donors (Lipinski definition) is 2. The van der Waals surface area contributed by atoms with Crippen molar-refractivity contribution in [3.8, 4) is 0 Å². The Hall–Kier alpha value is -1.47. The fourth-order valence-electron chi connectivity index (χ4n) is 2.03. The van der Waals surface area contributed by atoms with Gasteiger partial charge in [-0.2, -0.15) is 5.10 Å². The Bertz CT molecular complexity index is 362. The number of carbonyl (C=O) groups excluding carboxylic acids is 1. The summed E-state index contributed by atoms with van der Waals surface area (Å²) >= 11 is 0. The molecule has 1 fully saturated rings. The Labute approximate surface area is 112 Å². The van der Waals surface area contributed by atoms with E-state index in [0.717, 1.165) is 25.9 Å². The molecule has 1 aliphatic heterocycles. The van der Waals surface area contributed by atoms with Crippen molar-refractivity contribution in [3.63, 3.8) is 0 Å². The first kappa shape index (κ1) is 14.0. The van der Waals surface area contributed by atoms with Crippen molar-refractivity contribution in [3.05, 3.63) is 12.7 Å². The van der Waals surface area contributed by atoms with E-state index in [9.17, 15) is 4.79 Å². The number of nitrogens with one attached hydrogen (secondary N) is 2. The Balaban J connectivity index is 1.49. The van der Waals surface area contributed by atoms with Crippen LogP contribution in [-0.4, -0.2) is 53.0 Å². The molecule has 1 saturated heterocycles. The van der Waals surface area contributed by atoms with E-state index < -0.39 is 0 Å². The molecule has 0 radical (unpaired) electrons. The second-order valence-electron chi connectivity index (χ2n) is 4.58. The van der Waals surface area contributed by atoms with E-state index in [-0.39, 0.29) is 5.91 Å². The number of aromatic nitrogens is 3. The Kier molecular flexibility index (Phi) is 5.77. The van der Waals surface area contributed by atoms with Gasteiger partial charge in [-0.15, -0.1) is 0 Å². The van der Waals surface area contributed by atoms with Crippen LogP contribution in [0.1, 0.15) is 19.3 Å². The molecule has 0 spiro atoms. The maximum Gasteiger partial charge on any atom is 0.221 e. The third-order valence-electron chi connectivity index (χ3n) is 3.10. The van der Waals surface area contributed by atoms with Gasteiger partial charge < -0.3 is 15.4 Å². The van der Waals surface area contributed by atoms with Crippen LogP contribution in [-0.2, 0) is 16.1 Å². The fraction of sp³-hybridized carbons (Fsp3) is 0.750. The van der Waals surface area contributed by atoms with Gasteiger partial charge in [0.05, 0.1) is 19.3 Å². The van der Waals surface area contributed by atoms with Gasteiger partial charge in [-0.05, 0) is 25.9 Å². The molecule has 106 valence electrons. The lowest BCUT2D eigenvalue weighted by molar-refractivity contribution is -0.121. The minimum Gasteiger partial charge on any atom is -0.376 e. The van der Waals surface area contributed by atoms with E-state index in [4.69, 9.17) is 4.74 Å². The molecule has 7 heteroatoms. The molecule has 2 rings (SSSR count). The first-order valence-electron chi connectivity index (χ1n) is 6.76. The van der Waals surface area contributed by atoms with Gasteiger partial charge in [0.25, 0.3) is 0 Å². The molecule has 0 bridgehead atoms. The van der Waals surface area contributed by atoms with Crippen LogP contribution in [0.4, 0.5) is 0 Å². The molecule has 0 aliphatic carbocycles. The normalized spacial score (nSPS) is 16.4. The van der Waals surface area contributed by atoms with Crippen molar-refractivity contribution >= 4 is 5.91 Å². The smallest absolute Gasteiger partial charge is 0.221 e. The highest BCUT2D eigenvalue weighted by Gasteiger charge is 2.12. The van der Waals surface area contributed by atoms with Gasteiger partial charge in [-0.1, -0.05) is 0 Å². The molecule has 19 heavy (non-hydrogen) atoms. The van der Waals surface area contributed by atoms with Crippen molar-refractivity contribution in [1.82, 2.24) is 25.4 Å². The molecule has 2 heterocycles. The quantitative estimate of drug-likeness (QED) is 0.654. The maximum absolute atomic E-state index is 11.6. The van der Waals surface area contributed by atoms with E-state index in [1.54, 1.807) is 11.0 Å². The summed E-state index contributed by atoms with van der Waals surface area (Å²) in [7, 11) is 0. The summed E-state index contributed by atoms with van der Waals surface area (Å²) in [5, 5.41) is 10.1. The predicted octanol–water partition coefficient (Wildman–Crippen LogP) is -0.447. The average Bonchev–Trinajstić information content (AvgIpc) is 2.96. The number of ether oxygens (including phenoxy) is 1. The highest BCUT2D eigenvalue weighted by Crippen LogP contribution is 2.06. The molecular weight excluding hydrogens is 246 g/mol.